The highest BCUT2D eigenvalue weighted by atomic mass is 16.1. The van der Waals surface area contributed by atoms with Crippen LogP contribution in [-0.4, -0.2) is 44.1 Å². The maximum Gasteiger partial charge on any atom is 0.216 e. The number of hydrogen-bond donors (Lipinski definition) is 1. The Hall–Kier alpha value is -3.47. The molecule has 8 heteroatoms. The number of hydrogen-bond acceptors (Lipinski definition) is 5. The second kappa shape index (κ2) is 5.56. The summed E-state index contributed by atoms with van der Waals surface area (Å²) in [7, 11) is 1.82. The summed E-state index contributed by atoms with van der Waals surface area (Å²) in [5.74, 6) is 0.0974. The lowest BCUT2D eigenvalue weighted by Crippen LogP contribution is -2.44. The van der Waals surface area contributed by atoms with Crippen molar-refractivity contribution in [1.29, 1.82) is 5.26 Å². The van der Waals surface area contributed by atoms with E-state index >= 15 is 0 Å². The summed E-state index contributed by atoms with van der Waals surface area (Å²) >= 11 is 0. The Kier molecular flexibility index (Phi) is 3.35. The molecule has 25 heavy (non-hydrogen) atoms. The molecule has 1 aliphatic heterocycles. The Bertz CT molecular complexity index is 1180. The highest BCUT2D eigenvalue weighted by Crippen LogP contribution is 2.28. The Balaban J connectivity index is 0.000000166. The number of pyridine rings is 1. The monoisotopic (exact) mass is 334 g/mol. The average Bonchev–Trinajstić information content (AvgIpc) is 3.17. The zero-order valence-electron chi connectivity index (χ0n) is 13.4. The van der Waals surface area contributed by atoms with E-state index in [0.29, 0.717) is 24.0 Å². The van der Waals surface area contributed by atoms with Crippen molar-refractivity contribution in [3.05, 3.63) is 34.9 Å². The maximum atomic E-state index is 12.2. The van der Waals surface area contributed by atoms with Crippen molar-refractivity contribution in [2.24, 2.45) is 13.0 Å². The van der Waals surface area contributed by atoms with E-state index in [4.69, 9.17) is 5.26 Å². The van der Waals surface area contributed by atoms with Crippen LogP contribution in [0.3, 0.4) is 0 Å². The zero-order chi connectivity index (χ0) is 17.6. The number of fused-ring (bicyclic) bond motifs is 2. The number of aryl methyl sites for hydroxylation is 1. The molecular weight excluding hydrogens is 320 g/mol. The molecule has 3 aromatic heterocycles. The minimum absolute atomic E-state index is 0.0461. The molecule has 4 aromatic rings. The molecule has 1 aliphatic rings. The van der Waals surface area contributed by atoms with Crippen LogP contribution in [0, 0.1) is 17.2 Å². The Morgan fingerprint density at radius 1 is 1.36 bits per heavy atom. The molecule has 0 radical (unpaired) electrons. The molecule has 124 valence electrons. The van der Waals surface area contributed by atoms with Gasteiger partial charge in [-0.3, -0.25) is 14.3 Å². The number of aromatic nitrogens is 4. The molecule has 0 atom stereocenters. The van der Waals surface area contributed by atoms with Crippen molar-refractivity contribution >= 4 is 39.1 Å². The lowest BCUT2D eigenvalue weighted by atomic mass is 10.0. The van der Waals surface area contributed by atoms with Crippen LogP contribution < -0.4 is 5.43 Å². The highest BCUT2D eigenvalue weighted by molar-refractivity contribution is 6.19. The molecule has 1 N–H and O–H groups in total. The number of nitrogens with one attached hydrogen (secondary N) is 1. The van der Waals surface area contributed by atoms with E-state index in [1.165, 1.54) is 0 Å². The molecule has 0 aliphatic carbocycles. The summed E-state index contributed by atoms with van der Waals surface area (Å²) in [6.07, 6.45) is 6.09. The van der Waals surface area contributed by atoms with E-state index in [2.05, 4.69) is 21.1 Å². The number of aromatic amines is 1. The van der Waals surface area contributed by atoms with Crippen molar-refractivity contribution in [3.63, 3.8) is 0 Å². The van der Waals surface area contributed by atoms with Crippen molar-refractivity contribution in [2.75, 3.05) is 13.1 Å². The van der Waals surface area contributed by atoms with Crippen LogP contribution in [0.5, 0.6) is 0 Å². The minimum atomic E-state index is -0.0461. The van der Waals surface area contributed by atoms with E-state index < -0.39 is 0 Å². The molecule has 1 saturated heterocycles. The second-order valence-corrected chi connectivity index (χ2v) is 6.07. The van der Waals surface area contributed by atoms with Gasteiger partial charge in [-0.2, -0.15) is 10.4 Å². The first-order valence-electron chi connectivity index (χ1n) is 7.76. The summed E-state index contributed by atoms with van der Waals surface area (Å²) in [6.45, 7) is 1.25. The van der Waals surface area contributed by atoms with E-state index in [9.17, 15) is 9.59 Å². The quantitative estimate of drug-likeness (QED) is 0.522. The molecule has 4 heterocycles. The van der Waals surface area contributed by atoms with E-state index in [1.54, 1.807) is 15.8 Å². The van der Waals surface area contributed by atoms with Gasteiger partial charge in [-0.25, -0.2) is 4.98 Å². The van der Waals surface area contributed by atoms with Crippen LogP contribution in [0.4, 0.5) is 0 Å². The number of H-pyrrole nitrogens is 1. The van der Waals surface area contributed by atoms with Gasteiger partial charge in [-0.05, 0) is 11.5 Å². The van der Waals surface area contributed by atoms with E-state index in [-0.39, 0.29) is 11.3 Å². The summed E-state index contributed by atoms with van der Waals surface area (Å²) in [5, 5.41) is 15.9. The van der Waals surface area contributed by atoms with Gasteiger partial charge >= 0.3 is 0 Å². The first kappa shape index (κ1) is 15.1. The standard InChI is InChI=1S/C12H8N4O.C5H6N2O/c1-16-5-8-6-2-3-13-12-9(6)7(4-14-12)11(17)10(8)15-16;6-1-5-2-7(3-5)4-8/h2-5H,1H3,(H,13,14);4-5H,2-3H2. The van der Waals surface area contributed by atoms with Gasteiger partial charge in [0.05, 0.1) is 17.4 Å². The van der Waals surface area contributed by atoms with Crippen LogP contribution in [0.25, 0.3) is 32.7 Å². The van der Waals surface area contributed by atoms with Gasteiger partial charge in [0.2, 0.25) is 11.8 Å². The predicted molar refractivity (Wildman–Crippen MR) is 92.1 cm³/mol. The van der Waals surface area contributed by atoms with Crippen molar-refractivity contribution in [1.82, 2.24) is 24.6 Å². The third-order valence-corrected chi connectivity index (χ3v) is 4.39. The summed E-state index contributed by atoms with van der Waals surface area (Å²) in [6, 6.07) is 4.02. The number of rotatable bonds is 1. The SMILES string of the molecule is Cn1cc2c(n1)c(=O)c1cnc3[nH]ccc2c31.N#CC1CN(C=O)C1. The lowest BCUT2D eigenvalue weighted by molar-refractivity contribution is -0.122. The Morgan fingerprint density at radius 3 is 2.88 bits per heavy atom. The third kappa shape index (κ3) is 2.29. The first-order valence-corrected chi connectivity index (χ1v) is 7.76. The van der Waals surface area contributed by atoms with Crippen molar-refractivity contribution in [2.45, 2.75) is 0 Å². The van der Waals surface area contributed by atoms with Gasteiger partial charge in [-0.15, -0.1) is 0 Å². The molecule has 1 fully saturated rings. The molecule has 5 rings (SSSR count). The predicted octanol–water partition coefficient (Wildman–Crippen LogP) is 0.999. The van der Waals surface area contributed by atoms with Gasteiger partial charge in [0.25, 0.3) is 0 Å². The van der Waals surface area contributed by atoms with Crippen molar-refractivity contribution in [3.8, 4) is 6.07 Å². The zero-order valence-corrected chi connectivity index (χ0v) is 13.4. The minimum Gasteiger partial charge on any atom is -0.346 e. The van der Waals surface area contributed by atoms with Crippen LogP contribution in [0.1, 0.15) is 0 Å². The maximum absolute atomic E-state index is 12.2. The summed E-state index contributed by atoms with van der Waals surface area (Å²) < 4.78 is 1.67. The smallest absolute Gasteiger partial charge is 0.216 e. The fourth-order valence-electron chi connectivity index (χ4n) is 3.11. The lowest BCUT2D eigenvalue weighted by Gasteiger charge is -2.31. The largest absolute Gasteiger partial charge is 0.346 e. The first-order chi connectivity index (χ1) is 12.1. The number of nitrogens with zero attached hydrogens (tertiary/aromatic N) is 5. The Labute approximate surface area is 141 Å². The van der Waals surface area contributed by atoms with Gasteiger partial charge < -0.3 is 9.88 Å². The fraction of sp³-hybridized carbons (Fsp3) is 0.235. The van der Waals surface area contributed by atoms with Crippen LogP contribution in [0.15, 0.2) is 29.5 Å². The summed E-state index contributed by atoms with van der Waals surface area (Å²) in [5.41, 5.74) is 1.22. The molecular formula is C17H14N6O2. The van der Waals surface area contributed by atoms with Crippen LogP contribution in [0.2, 0.25) is 0 Å². The van der Waals surface area contributed by atoms with Gasteiger partial charge in [-0.1, -0.05) is 0 Å². The topological polar surface area (TPSA) is 108 Å². The third-order valence-electron chi connectivity index (χ3n) is 4.39. The number of amides is 1. The molecule has 0 unspecified atom stereocenters. The normalized spacial score (nSPS) is 14.3. The average molecular weight is 334 g/mol. The Morgan fingerprint density at radius 2 is 2.16 bits per heavy atom. The number of carbonyl (C=O) groups excluding carboxylic acids is 1. The molecule has 0 saturated carbocycles. The summed E-state index contributed by atoms with van der Waals surface area (Å²) in [4.78, 5) is 30.9. The van der Waals surface area contributed by atoms with E-state index in [0.717, 1.165) is 28.2 Å². The van der Waals surface area contributed by atoms with Crippen LogP contribution in [-0.2, 0) is 11.8 Å². The molecule has 1 aromatic carbocycles. The highest BCUT2D eigenvalue weighted by Gasteiger charge is 2.24. The number of likely N-dealkylation sites (tertiary alicyclic amines) is 1. The van der Waals surface area contributed by atoms with E-state index in [1.807, 2.05) is 25.5 Å². The number of benzene rings is 1. The number of carbonyl (C=O) groups is 1. The fourth-order valence-corrected chi connectivity index (χ4v) is 3.11. The molecule has 1 amide bonds. The molecule has 0 bridgehead atoms. The van der Waals surface area contributed by atoms with Gasteiger partial charge in [0, 0.05) is 49.5 Å². The van der Waals surface area contributed by atoms with Gasteiger partial charge in [0.1, 0.15) is 11.2 Å². The van der Waals surface area contributed by atoms with Crippen LogP contribution >= 0.6 is 0 Å². The van der Waals surface area contributed by atoms with Gasteiger partial charge in [0.15, 0.2) is 0 Å². The second-order valence-electron chi connectivity index (χ2n) is 6.07. The molecule has 0 spiro atoms. The molecule has 8 nitrogen and oxygen atoms in total. The van der Waals surface area contributed by atoms with Crippen molar-refractivity contribution < 1.29 is 4.79 Å². The number of nitriles is 1.